The Hall–Kier alpha value is -3.41. The van der Waals surface area contributed by atoms with E-state index in [1.807, 2.05) is 12.1 Å². The molecule has 164 valence electrons. The van der Waals surface area contributed by atoms with Gasteiger partial charge >= 0.3 is 0 Å². The highest BCUT2D eigenvalue weighted by atomic mass is 16.5. The number of hydrogen-bond acceptors (Lipinski definition) is 8. The minimum Gasteiger partial charge on any atom is -0.488 e. The third-order valence-electron chi connectivity index (χ3n) is 5.86. The van der Waals surface area contributed by atoms with Gasteiger partial charge in [0.05, 0.1) is 24.8 Å². The summed E-state index contributed by atoms with van der Waals surface area (Å²) in [7, 11) is 0. The number of hydrogen-bond donors (Lipinski definition) is 2. The second-order valence-corrected chi connectivity index (χ2v) is 8.06. The van der Waals surface area contributed by atoms with Crippen LogP contribution in [0.25, 0.3) is 10.9 Å². The van der Waals surface area contributed by atoms with Crippen LogP contribution in [0.15, 0.2) is 42.6 Å². The molecule has 0 aliphatic carbocycles. The number of rotatable bonds is 5. The van der Waals surface area contributed by atoms with Crippen LogP contribution < -0.4 is 20.3 Å². The topological polar surface area (TPSA) is 95.3 Å². The number of piperidine rings is 1. The van der Waals surface area contributed by atoms with Gasteiger partial charge in [0.15, 0.2) is 0 Å². The molecule has 32 heavy (non-hydrogen) atoms. The van der Waals surface area contributed by atoms with Crippen molar-refractivity contribution < 1.29 is 9.47 Å². The van der Waals surface area contributed by atoms with Crippen molar-refractivity contribution in [3.8, 4) is 11.8 Å². The predicted molar refractivity (Wildman–Crippen MR) is 124 cm³/mol. The Bertz CT molecular complexity index is 1120. The van der Waals surface area contributed by atoms with Crippen molar-refractivity contribution in [2.75, 3.05) is 49.6 Å². The summed E-state index contributed by atoms with van der Waals surface area (Å²) in [5.41, 5.74) is 3.35. The summed E-state index contributed by atoms with van der Waals surface area (Å²) >= 11 is 0. The molecule has 2 aromatic carbocycles. The zero-order chi connectivity index (χ0) is 21.8. The largest absolute Gasteiger partial charge is 0.488 e. The molecule has 1 aromatic heterocycles. The van der Waals surface area contributed by atoms with Crippen LogP contribution in [0.5, 0.6) is 5.75 Å². The summed E-state index contributed by atoms with van der Waals surface area (Å²) in [4.78, 5) is 11.5. The van der Waals surface area contributed by atoms with Crippen molar-refractivity contribution in [3.05, 3.63) is 48.2 Å². The highest BCUT2D eigenvalue weighted by Crippen LogP contribution is 2.29. The number of anilines is 3. The quantitative estimate of drug-likeness (QED) is 0.637. The fraction of sp³-hybridized carbons (Fsp3) is 0.375. The summed E-state index contributed by atoms with van der Waals surface area (Å²) in [5, 5.41) is 16.8. The Balaban J connectivity index is 1.38. The second kappa shape index (κ2) is 9.39. The van der Waals surface area contributed by atoms with Crippen LogP contribution in [-0.2, 0) is 4.74 Å². The van der Waals surface area contributed by atoms with Gasteiger partial charge in [-0.1, -0.05) is 0 Å². The van der Waals surface area contributed by atoms with E-state index >= 15 is 0 Å². The highest BCUT2D eigenvalue weighted by molar-refractivity contribution is 5.86. The standard InChI is InChI=1S/C24H26N6O2/c25-15-17-13-18-16-27-24(29-23(18)22(14-17)32-21-5-7-26-8-6-21)28-19-1-3-20(4-2-19)30-9-11-31-12-10-30/h1-4,13-14,16,21,26H,5-12H2,(H,27,28,29). The van der Waals surface area contributed by atoms with E-state index < -0.39 is 0 Å². The van der Waals surface area contributed by atoms with E-state index in [0.717, 1.165) is 63.3 Å². The molecule has 2 aliphatic rings. The van der Waals surface area contributed by atoms with Gasteiger partial charge in [-0.25, -0.2) is 9.97 Å². The summed E-state index contributed by atoms with van der Waals surface area (Å²) in [5.74, 6) is 1.13. The van der Waals surface area contributed by atoms with Gasteiger partial charge in [0.2, 0.25) is 5.95 Å². The number of nitrogens with zero attached hydrogens (tertiary/aromatic N) is 4. The van der Waals surface area contributed by atoms with Crippen molar-refractivity contribution >= 4 is 28.2 Å². The minimum atomic E-state index is 0.118. The average molecular weight is 431 g/mol. The summed E-state index contributed by atoms with van der Waals surface area (Å²) in [6.45, 7) is 5.21. The molecule has 8 heteroatoms. The fourth-order valence-corrected chi connectivity index (χ4v) is 4.13. The van der Waals surface area contributed by atoms with Crippen molar-refractivity contribution in [2.24, 2.45) is 0 Å². The number of nitrogens with one attached hydrogen (secondary N) is 2. The first kappa shape index (κ1) is 20.5. The lowest BCUT2D eigenvalue weighted by Crippen LogP contribution is -2.36. The van der Waals surface area contributed by atoms with Crippen molar-refractivity contribution in [3.63, 3.8) is 0 Å². The normalized spacial score (nSPS) is 17.2. The number of fused-ring (bicyclic) bond motifs is 1. The first-order valence-electron chi connectivity index (χ1n) is 11.1. The van der Waals surface area contributed by atoms with Crippen LogP contribution in [0, 0.1) is 11.3 Å². The predicted octanol–water partition coefficient (Wildman–Crippen LogP) is 3.21. The van der Waals surface area contributed by atoms with E-state index in [0.29, 0.717) is 22.8 Å². The molecule has 0 atom stereocenters. The molecule has 5 rings (SSSR count). The number of aromatic nitrogens is 2. The first-order chi connectivity index (χ1) is 15.8. The zero-order valence-electron chi connectivity index (χ0n) is 17.9. The van der Waals surface area contributed by atoms with Gasteiger partial charge in [-0.05, 0) is 56.3 Å². The summed E-state index contributed by atoms with van der Waals surface area (Å²) in [6, 6.07) is 14.0. The van der Waals surface area contributed by atoms with E-state index in [9.17, 15) is 5.26 Å². The molecule has 0 unspecified atom stereocenters. The first-order valence-corrected chi connectivity index (χ1v) is 11.1. The van der Waals surface area contributed by atoms with Crippen LogP contribution in [0.3, 0.4) is 0 Å². The van der Waals surface area contributed by atoms with E-state index in [1.165, 1.54) is 5.69 Å². The lowest BCUT2D eigenvalue weighted by atomic mass is 10.1. The molecule has 2 saturated heterocycles. The summed E-state index contributed by atoms with van der Waals surface area (Å²) in [6.07, 6.45) is 3.73. The highest BCUT2D eigenvalue weighted by Gasteiger charge is 2.18. The van der Waals surface area contributed by atoms with Crippen LogP contribution in [0.1, 0.15) is 18.4 Å². The number of benzene rings is 2. The third-order valence-corrected chi connectivity index (χ3v) is 5.86. The van der Waals surface area contributed by atoms with Crippen LogP contribution in [0.4, 0.5) is 17.3 Å². The average Bonchev–Trinajstić information content (AvgIpc) is 2.86. The maximum absolute atomic E-state index is 9.41. The Morgan fingerprint density at radius 1 is 1.12 bits per heavy atom. The van der Waals surface area contributed by atoms with E-state index in [-0.39, 0.29) is 6.10 Å². The van der Waals surface area contributed by atoms with Crippen LogP contribution in [-0.4, -0.2) is 55.5 Å². The molecular formula is C24H26N6O2. The van der Waals surface area contributed by atoms with Gasteiger partial charge in [0, 0.05) is 42.1 Å². The molecule has 3 heterocycles. The van der Waals surface area contributed by atoms with Crippen LogP contribution >= 0.6 is 0 Å². The maximum atomic E-state index is 9.41. The zero-order valence-corrected chi connectivity index (χ0v) is 17.9. The number of morpholine rings is 1. The summed E-state index contributed by atoms with van der Waals surface area (Å²) < 4.78 is 11.7. The van der Waals surface area contributed by atoms with Crippen molar-refractivity contribution in [2.45, 2.75) is 18.9 Å². The number of nitriles is 1. The smallest absolute Gasteiger partial charge is 0.227 e. The van der Waals surface area contributed by atoms with Crippen molar-refractivity contribution in [1.29, 1.82) is 5.26 Å². The Kier molecular flexibility index (Phi) is 6.01. The monoisotopic (exact) mass is 430 g/mol. The SMILES string of the molecule is N#Cc1cc(OC2CCNCC2)c2nc(Nc3ccc(N4CCOCC4)cc3)ncc2c1. The fourth-order valence-electron chi connectivity index (χ4n) is 4.13. The third kappa shape index (κ3) is 4.59. The molecule has 0 spiro atoms. The maximum Gasteiger partial charge on any atom is 0.227 e. The molecule has 2 fully saturated rings. The van der Waals surface area contributed by atoms with Gasteiger partial charge in [-0.15, -0.1) is 0 Å². The second-order valence-electron chi connectivity index (χ2n) is 8.06. The van der Waals surface area contributed by atoms with Gasteiger partial charge in [0.1, 0.15) is 17.4 Å². The molecule has 0 amide bonds. The van der Waals surface area contributed by atoms with E-state index in [1.54, 1.807) is 18.3 Å². The molecule has 3 aromatic rings. The van der Waals surface area contributed by atoms with Gasteiger partial charge in [0.25, 0.3) is 0 Å². The molecule has 0 saturated carbocycles. The molecule has 2 N–H and O–H groups in total. The van der Waals surface area contributed by atoms with Crippen molar-refractivity contribution in [1.82, 2.24) is 15.3 Å². The van der Waals surface area contributed by atoms with E-state index in [4.69, 9.17) is 14.5 Å². The Labute approximate surface area is 187 Å². The Morgan fingerprint density at radius 2 is 1.91 bits per heavy atom. The van der Waals surface area contributed by atoms with Gasteiger partial charge < -0.3 is 25.0 Å². The molecule has 2 aliphatic heterocycles. The molecule has 0 radical (unpaired) electrons. The lowest BCUT2D eigenvalue weighted by molar-refractivity contribution is 0.122. The molecular weight excluding hydrogens is 404 g/mol. The lowest BCUT2D eigenvalue weighted by Gasteiger charge is -2.28. The Morgan fingerprint density at radius 3 is 2.66 bits per heavy atom. The molecule has 0 bridgehead atoms. The van der Waals surface area contributed by atoms with Crippen LogP contribution in [0.2, 0.25) is 0 Å². The van der Waals surface area contributed by atoms with E-state index in [2.05, 4.69) is 38.7 Å². The minimum absolute atomic E-state index is 0.118. The van der Waals surface area contributed by atoms with Gasteiger partial charge in [-0.3, -0.25) is 0 Å². The molecule has 8 nitrogen and oxygen atoms in total. The number of ether oxygens (including phenoxy) is 2. The van der Waals surface area contributed by atoms with Gasteiger partial charge in [-0.2, -0.15) is 5.26 Å².